The van der Waals surface area contributed by atoms with Crippen LogP contribution in [0.2, 0.25) is 0 Å². The van der Waals surface area contributed by atoms with Crippen LogP contribution < -0.4 is 14.8 Å². The number of carbonyl (C=O) groups is 2. The molecule has 4 aromatic carbocycles. The Morgan fingerprint density at radius 3 is 2.29 bits per heavy atom. The lowest BCUT2D eigenvalue weighted by Gasteiger charge is -2.59. The van der Waals surface area contributed by atoms with Crippen LogP contribution in [0.1, 0.15) is 73.1 Å². The molecular weight excluding hydrogens is 845 g/mol. The second-order valence-electron chi connectivity index (χ2n) is 16.8. The minimum Gasteiger partial charge on any atom is -0.459 e. The number of fused-ring (bicyclic) bond motifs is 2. The molecule has 0 aromatic heterocycles. The minimum absolute atomic E-state index is 0.0106. The number of nitrogens with zero attached hydrogens (tertiary/aromatic N) is 3. The molecule has 0 radical (unpaired) electrons. The van der Waals surface area contributed by atoms with Crippen LogP contribution in [0.15, 0.2) is 133 Å². The number of hydrogen-bond acceptors (Lipinski definition) is 12. The van der Waals surface area contributed by atoms with Crippen molar-refractivity contribution in [3.05, 3.63) is 160 Å². The Hall–Kier alpha value is -6.55. The zero-order valence-electron chi connectivity index (χ0n) is 37.2. The van der Waals surface area contributed by atoms with Gasteiger partial charge in [0.15, 0.2) is 0 Å². The number of rotatable bonds is 21. The third-order valence-corrected chi connectivity index (χ3v) is 12.6. The number of oxime groups is 1. The third-order valence-electron chi connectivity index (χ3n) is 12.6. The fourth-order valence-electron chi connectivity index (χ4n) is 9.55. The standard InChI is InChI=1S/C51H58N4O11/c1-3-28-63-51-46(54(2)50(59)62-33-36-16-8-5-9-17-36)31-44(53-64-34-37-20-22-39(23-21-37)55(60)61)42-29-38(18-10-12-26-56)41(19-11-13-27-57)47(48(42)51)43-30-40(24-25-45(43)66-51)65-49(58)52-32-35-14-6-4-7-15-35/h3-9,14-17,20-25,29-30,38,41,46-48,56-57H,1,10-13,18-19,26-28,31-34H2,2H3,(H,52,58). The molecule has 3 N–H and O–H groups in total. The summed E-state index contributed by atoms with van der Waals surface area (Å²) in [6.07, 6.45) is 6.83. The molecule has 1 heterocycles. The zero-order valence-corrected chi connectivity index (χ0v) is 37.2. The van der Waals surface area contributed by atoms with Gasteiger partial charge in [0.25, 0.3) is 5.69 Å². The summed E-state index contributed by atoms with van der Waals surface area (Å²) in [7, 11) is 1.65. The Balaban J connectivity index is 1.34. The first-order valence-electron chi connectivity index (χ1n) is 22.5. The number of amides is 2. The number of unbranched alkanes of at least 4 members (excludes halogenated alkanes) is 2. The predicted octanol–water partition coefficient (Wildman–Crippen LogP) is 8.99. The van der Waals surface area contributed by atoms with Crippen LogP contribution in [0.4, 0.5) is 15.3 Å². The summed E-state index contributed by atoms with van der Waals surface area (Å²) in [5, 5.41) is 38.8. The number of carbonyl (C=O) groups excluding carboxylic acids is 2. The van der Waals surface area contributed by atoms with E-state index in [1.807, 2.05) is 66.7 Å². The van der Waals surface area contributed by atoms with E-state index in [0.29, 0.717) is 48.5 Å². The van der Waals surface area contributed by atoms with Crippen molar-refractivity contribution >= 4 is 23.6 Å². The van der Waals surface area contributed by atoms with Crippen LogP contribution >= 0.6 is 0 Å². The zero-order chi connectivity index (χ0) is 46.5. The molecule has 2 aliphatic carbocycles. The monoisotopic (exact) mass is 902 g/mol. The summed E-state index contributed by atoms with van der Waals surface area (Å²) in [4.78, 5) is 46.0. The Kier molecular flexibility index (Phi) is 16.2. The molecule has 0 spiro atoms. The largest absolute Gasteiger partial charge is 0.459 e. The smallest absolute Gasteiger partial charge is 0.412 e. The molecule has 66 heavy (non-hydrogen) atoms. The van der Waals surface area contributed by atoms with E-state index in [9.17, 15) is 29.9 Å². The average molecular weight is 903 g/mol. The van der Waals surface area contributed by atoms with Gasteiger partial charge in [0, 0.05) is 56.8 Å². The molecule has 6 unspecified atom stereocenters. The number of non-ortho nitro benzene ring substituents is 1. The van der Waals surface area contributed by atoms with Crippen molar-refractivity contribution < 1.29 is 48.5 Å². The Labute approximate surface area is 384 Å². The van der Waals surface area contributed by atoms with Gasteiger partial charge in [0.2, 0.25) is 5.79 Å². The highest BCUT2D eigenvalue weighted by Crippen LogP contribution is 2.62. The summed E-state index contributed by atoms with van der Waals surface area (Å²) >= 11 is 0. The summed E-state index contributed by atoms with van der Waals surface area (Å²) in [5.41, 5.74) is 4.49. The molecule has 1 aliphatic heterocycles. The van der Waals surface area contributed by atoms with Gasteiger partial charge >= 0.3 is 12.2 Å². The molecule has 1 fully saturated rings. The van der Waals surface area contributed by atoms with Crippen molar-refractivity contribution in [1.82, 2.24) is 10.2 Å². The van der Waals surface area contributed by atoms with Gasteiger partial charge in [-0.25, -0.2) is 9.59 Å². The SMILES string of the molecule is C=CCOC12Oc3ccc(OC(=O)NCc4ccccc4)cc3C3C(CCCCO)C(CCCCO)C=C(C(=NOCc4ccc([N+](=O)[O-])cc4)CC1N(C)C(=O)OCc1ccccc1)C32. The first-order chi connectivity index (χ1) is 32.1. The molecule has 348 valence electrons. The van der Waals surface area contributed by atoms with E-state index in [-0.39, 0.29) is 69.4 Å². The van der Waals surface area contributed by atoms with Crippen LogP contribution in [0.5, 0.6) is 11.5 Å². The quantitative estimate of drug-likeness (QED) is 0.0313. The fraction of sp³-hybridized carbons (Fsp3) is 0.392. The maximum atomic E-state index is 14.2. The maximum absolute atomic E-state index is 14.2. The van der Waals surface area contributed by atoms with E-state index in [2.05, 4.69) is 18.0 Å². The maximum Gasteiger partial charge on any atom is 0.412 e. The van der Waals surface area contributed by atoms with Crippen molar-refractivity contribution in [3.63, 3.8) is 0 Å². The van der Waals surface area contributed by atoms with E-state index in [0.717, 1.165) is 35.1 Å². The second-order valence-corrected chi connectivity index (χ2v) is 16.8. The van der Waals surface area contributed by atoms with Crippen molar-refractivity contribution in [3.8, 4) is 11.5 Å². The Morgan fingerprint density at radius 2 is 1.61 bits per heavy atom. The number of aliphatic hydroxyl groups is 2. The predicted molar refractivity (Wildman–Crippen MR) is 247 cm³/mol. The highest BCUT2D eigenvalue weighted by molar-refractivity contribution is 6.03. The van der Waals surface area contributed by atoms with Crippen LogP contribution in [0.3, 0.4) is 0 Å². The number of aliphatic hydroxyl groups excluding tert-OH is 2. The van der Waals surface area contributed by atoms with E-state index < -0.39 is 34.9 Å². The van der Waals surface area contributed by atoms with Gasteiger partial charge in [0.05, 0.1) is 23.2 Å². The highest BCUT2D eigenvalue weighted by atomic mass is 16.7. The van der Waals surface area contributed by atoms with Crippen LogP contribution in [-0.2, 0) is 34.1 Å². The minimum atomic E-state index is -1.53. The van der Waals surface area contributed by atoms with Crippen LogP contribution in [0, 0.1) is 27.9 Å². The lowest BCUT2D eigenvalue weighted by Crippen LogP contribution is -2.69. The second kappa shape index (κ2) is 22.6. The summed E-state index contributed by atoms with van der Waals surface area (Å²) < 4.78 is 26.0. The molecule has 7 rings (SSSR count). The van der Waals surface area contributed by atoms with Crippen molar-refractivity contribution in [1.29, 1.82) is 0 Å². The molecule has 1 saturated carbocycles. The van der Waals surface area contributed by atoms with Crippen molar-refractivity contribution in [2.45, 2.75) is 82.5 Å². The lowest BCUT2D eigenvalue weighted by molar-refractivity contribution is -0.384. The Morgan fingerprint density at radius 1 is 0.924 bits per heavy atom. The van der Waals surface area contributed by atoms with Gasteiger partial charge in [-0.2, -0.15) is 0 Å². The van der Waals surface area contributed by atoms with Crippen molar-refractivity contribution in [2.75, 3.05) is 26.9 Å². The van der Waals surface area contributed by atoms with E-state index in [1.54, 1.807) is 37.4 Å². The number of likely N-dealkylation sites (N-methyl/N-ethyl adjacent to an activating group) is 1. The van der Waals surface area contributed by atoms with E-state index in [1.165, 1.54) is 17.0 Å². The molecule has 3 aliphatic rings. The molecule has 2 amide bonds. The summed E-state index contributed by atoms with van der Waals surface area (Å²) in [5.74, 6) is -1.84. The Bertz CT molecular complexity index is 2340. The lowest BCUT2D eigenvalue weighted by atomic mass is 9.55. The number of nitro groups is 1. The number of benzene rings is 4. The highest BCUT2D eigenvalue weighted by Gasteiger charge is 2.65. The summed E-state index contributed by atoms with van der Waals surface area (Å²) in [6, 6.07) is 29.4. The van der Waals surface area contributed by atoms with Gasteiger partial charge < -0.3 is 44.2 Å². The summed E-state index contributed by atoms with van der Waals surface area (Å²) in [6.45, 7) is 4.43. The van der Waals surface area contributed by atoms with Crippen LogP contribution in [-0.4, -0.2) is 76.6 Å². The van der Waals surface area contributed by atoms with Crippen molar-refractivity contribution in [2.24, 2.45) is 22.9 Å². The molecule has 0 saturated heterocycles. The number of ether oxygens (including phenoxy) is 4. The van der Waals surface area contributed by atoms with Gasteiger partial charge in [-0.15, -0.1) is 6.58 Å². The molecule has 4 aromatic rings. The van der Waals surface area contributed by atoms with Gasteiger partial charge in [-0.1, -0.05) is 90.8 Å². The number of nitro benzene ring substituents is 1. The molecule has 6 atom stereocenters. The molecular formula is C51H58N4O11. The van der Waals surface area contributed by atoms with Gasteiger partial charge in [0.1, 0.15) is 30.8 Å². The van der Waals surface area contributed by atoms with Gasteiger partial charge in [-0.05, 0) is 90.1 Å². The first kappa shape index (κ1) is 47.4. The number of hydrogen-bond donors (Lipinski definition) is 3. The fourth-order valence-corrected chi connectivity index (χ4v) is 9.55. The average Bonchev–Trinajstić information content (AvgIpc) is 3.33. The van der Waals surface area contributed by atoms with E-state index in [4.69, 9.17) is 28.9 Å². The van der Waals surface area contributed by atoms with Gasteiger partial charge in [-0.3, -0.25) is 10.1 Å². The van der Waals surface area contributed by atoms with E-state index >= 15 is 0 Å². The molecule has 0 bridgehead atoms. The number of allylic oxidation sites excluding steroid dienone is 1. The number of nitrogens with one attached hydrogen (secondary N) is 1. The topological polar surface area (TPSA) is 192 Å². The third kappa shape index (κ3) is 11.1. The first-order valence-corrected chi connectivity index (χ1v) is 22.5. The normalized spacial score (nSPS) is 22.1. The molecule has 15 nitrogen and oxygen atoms in total. The molecule has 15 heteroatoms. The van der Waals surface area contributed by atoms with Crippen LogP contribution in [0.25, 0.3) is 0 Å².